The van der Waals surface area contributed by atoms with E-state index >= 15 is 0 Å². The summed E-state index contributed by atoms with van der Waals surface area (Å²) in [6, 6.07) is 12.0. The van der Waals surface area contributed by atoms with Crippen LogP contribution in [0.1, 0.15) is 5.69 Å². The second kappa shape index (κ2) is 6.54. The number of thiophene rings is 1. The Labute approximate surface area is 144 Å². The summed E-state index contributed by atoms with van der Waals surface area (Å²) in [5.41, 5.74) is 1.36. The largest absolute Gasteiger partial charge is 0.355 e. The summed E-state index contributed by atoms with van der Waals surface area (Å²) in [5, 5.41) is 18.2. The summed E-state index contributed by atoms with van der Waals surface area (Å²) in [6.07, 6.45) is 0. The molecule has 4 aromatic rings. The van der Waals surface area contributed by atoms with E-state index in [0.717, 1.165) is 16.3 Å². The number of nitrogens with zero attached hydrogens (tertiary/aromatic N) is 5. The molecule has 0 atom stereocenters. The summed E-state index contributed by atoms with van der Waals surface area (Å²) < 4.78 is 20.2. The molecule has 0 spiro atoms. The molecule has 0 amide bonds. The summed E-state index contributed by atoms with van der Waals surface area (Å²) in [7, 11) is 0. The van der Waals surface area contributed by atoms with Gasteiger partial charge in [-0.1, -0.05) is 29.1 Å². The van der Waals surface area contributed by atoms with Gasteiger partial charge in [-0.2, -0.15) is 4.68 Å². The molecule has 0 aliphatic carbocycles. The van der Waals surface area contributed by atoms with Crippen LogP contribution in [0, 0.1) is 5.82 Å². The van der Waals surface area contributed by atoms with Crippen molar-refractivity contribution < 1.29 is 8.91 Å². The minimum absolute atomic E-state index is 0.337. The van der Waals surface area contributed by atoms with Crippen LogP contribution in [0.5, 0.6) is 0 Å². The van der Waals surface area contributed by atoms with Gasteiger partial charge >= 0.3 is 0 Å². The summed E-state index contributed by atoms with van der Waals surface area (Å²) >= 11 is 3.00. The zero-order valence-electron chi connectivity index (χ0n) is 12.2. The van der Waals surface area contributed by atoms with Crippen molar-refractivity contribution in [1.29, 1.82) is 0 Å². The summed E-state index contributed by atoms with van der Waals surface area (Å²) in [5.74, 6) is 0.950. The zero-order valence-corrected chi connectivity index (χ0v) is 13.8. The average molecular weight is 359 g/mol. The van der Waals surface area contributed by atoms with E-state index in [1.165, 1.54) is 28.6 Å². The molecule has 6 nitrogen and oxygen atoms in total. The molecule has 0 fully saturated rings. The normalized spacial score (nSPS) is 11.0. The fourth-order valence-corrected chi connectivity index (χ4v) is 3.54. The fourth-order valence-electron chi connectivity index (χ4n) is 2.09. The molecule has 120 valence electrons. The number of rotatable bonds is 5. The van der Waals surface area contributed by atoms with Crippen LogP contribution >= 0.6 is 23.1 Å². The Bertz CT molecular complexity index is 950. The third kappa shape index (κ3) is 3.08. The molecule has 3 aromatic heterocycles. The Morgan fingerprint density at radius 1 is 1.21 bits per heavy atom. The Morgan fingerprint density at radius 2 is 2.17 bits per heavy atom. The Balaban J connectivity index is 1.50. The molecule has 0 aliphatic heterocycles. The van der Waals surface area contributed by atoms with Gasteiger partial charge in [-0.05, 0) is 40.1 Å². The minimum atomic E-state index is -0.337. The van der Waals surface area contributed by atoms with Crippen LogP contribution in [0.3, 0.4) is 0 Å². The highest BCUT2D eigenvalue weighted by Gasteiger charge is 2.12. The van der Waals surface area contributed by atoms with Gasteiger partial charge in [0.25, 0.3) is 0 Å². The van der Waals surface area contributed by atoms with E-state index in [4.69, 9.17) is 4.52 Å². The van der Waals surface area contributed by atoms with Gasteiger partial charge in [0.15, 0.2) is 5.76 Å². The molecular formula is C15H10FN5OS2. The number of tetrazole rings is 1. The van der Waals surface area contributed by atoms with E-state index in [0.29, 0.717) is 16.6 Å². The van der Waals surface area contributed by atoms with Crippen molar-refractivity contribution >= 4 is 23.1 Å². The molecule has 0 unspecified atom stereocenters. The van der Waals surface area contributed by atoms with E-state index in [-0.39, 0.29) is 5.82 Å². The molecule has 24 heavy (non-hydrogen) atoms. The maximum atomic E-state index is 13.4. The van der Waals surface area contributed by atoms with Crippen molar-refractivity contribution in [2.24, 2.45) is 0 Å². The molecule has 0 saturated heterocycles. The first-order valence-corrected chi connectivity index (χ1v) is 8.83. The number of hydrogen-bond donors (Lipinski definition) is 0. The number of halogens is 1. The highest BCUT2D eigenvalue weighted by molar-refractivity contribution is 7.98. The number of thioether (sulfide) groups is 1. The third-order valence-electron chi connectivity index (χ3n) is 3.17. The van der Waals surface area contributed by atoms with Gasteiger partial charge in [-0.25, -0.2) is 4.39 Å². The molecule has 0 bridgehead atoms. The van der Waals surface area contributed by atoms with Crippen LogP contribution in [0.2, 0.25) is 0 Å². The van der Waals surface area contributed by atoms with E-state index in [2.05, 4.69) is 20.7 Å². The lowest BCUT2D eigenvalue weighted by Gasteiger charge is -2.03. The van der Waals surface area contributed by atoms with E-state index < -0.39 is 0 Å². The van der Waals surface area contributed by atoms with Crippen LogP contribution in [0.15, 0.2) is 57.5 Å². The second-order valence-electron chi connectivity index (χ2n) is 4.80. The van der Waals surface area contributed by atoms with Gasteiger partial charge < -0.3 is 4.52 Å². The molecule has 0 saturated carbocycles. The molecule has 9 heteroatoms. The minimum Gasteiger partial charge on any atom is -0.355 e. The topological polar surface area (TPSA) is 69.6 Å². The van der Waals surface area contributed by atoms with Gasteiger partial charge in [-0.15, -0.1) is 16.4 Å². The first kappa shape index (κ1) is 15.0. The SMILES string of the molecule is Fc1cccc(-n2nnnc2SCc2cc(-c3cccs3)on2)c1. The van der Waals surface area contributed by atoms with E-state index in [1.54, 1.807) is 23.5 Å². The first-order valence-electron chi connectivity index (χ1n) is 6.96. The van der Waals surface area contributed by atoms with Gasteiger partial charge in [0, 0.05) is 11.8 Å². The Hall–Kier alpha value is -2.52. The lowest BCUT2D eigenvalue weighted by atomic mass is 10.3. The van der Waals surface area contributed by atoms with Crippen molar-refractivity contribution in [3.8, 4) is 16.3 Å². The highest BCUT2D eigenvalue weighted by atomic mass is 32.2. The molecule has 0 N–H and O–H groups in total. The van der Waals surface area contributed by atoms with Crippen LogP contribution < -0.4 is 0 Å². The molecule has 4 rings (SSSR count). The predicted molar refractivity (Wildman–Crippen MR) is 88.5 cm³/mol. The fraction of sp³-hybridized carbons (Fsp3) is 0.0667. The van der Waals surface area contributed by atoms with Crippen molar-refractivity contribution in [2.75, 3.05) is 0 Å². The van der Waals surface area contributed by atoms with Crippen molar-refractivity contribution in [3.05, 3.63) is 59.4 Å². The predicted octanol–water partition coefficient (Wildman–Crippen LogP) is 3.81. The smallest absolute Gasteiger partial charge is 0.214 e. The van der Waals surface area contributed by atoms with Gasteiger partial charge in [0.05, 0.1) is 16.3 Å². The van der Waals surface area contributed by atoms with Crippen LogP contribution in [0.25, 0.3) is 16.3 Å². The van der Waals surface area contributed by atoms with Gasteiger partial charge in [0.1, 0.15) is 5.82 Å². The number of benzene rings is 1. The molecule has 3 heterocycles. The summed E-state index contributed by atoms with van der Waals surface area (Å²) in [6.45, 7) is 0. The Kier molecular flexibility index (Phi) is 4.09. The lowest BCUT2D eigenvalue weighted by molar-refractivity contribution is 0.427. The third-order valence-corrected chi connectivity index (χ3v) is 5.00. The van der Waals surface area contributed by atoms with Crippen LogP contribution in [-0.4, -0.2) is 25.4 Å². The average Bonchev–Trinajstić information content (AvgIpc) is 3.33. The number of hydrogen-bond acceptors (Lipinski definition) is 7. The monoisotopic (exact) mass is 359 g/mol. The van der Waals surface area contributed by atoms with Crippen LogP contribution in [-0.2, 0) is 5.75 Å². The quantitative estimate of drug-likeness (QED) is 0.505. The van der Waals surface area contributed by atoms with Crippen molar-refractivity contribution in [1.82, 2.24) is 25.4 Å². The highest BCUT2D eigenvalue weighted by Crippen LogP contribution is 2.28. The molecule has 0 aliphatic rings. The molecule has 0 radical (unpaired) electrons. The second-order valence-corrected chi connectivity index (χ2v) is 6.69. The number of aromatic nitrogens is 5. The van der Waals surface area contributed by atoms with Crippen molar-refractivity contribution in [3.63, 3.8) is 0 Å². The van der Waals surface area contributed by atoms with Crippen LogP contribution in [0.4, 0.5) is 4.39 Å². The van der Waals surface area contributed by atoms with Gasteiger partial charge in [0.2, 0.25) is 5.16 Å². The lowest BCUT2D eigenvalue weighted by Crippen LogP contribution is -1.99. The maximum absolute atomic E-state index is 13.4. The van der Waals surface area contributed by atoms with Gasteiger partial charge in [-0.3, -0.25) is 0 Å². The maximum Gasteiger partial charge on any atom is 0.214 e. The Morgan fingerprint density at radius 3 is 3.00 bits per heavy atom. The summed E-state index contributed by atoms with van der Waals surface area (Å²) in [4.78, 5) is 1.03. The molecular weight excluding hydrogens is 349 g/mol. The van der Waals surface area contributed by atoms with E-state index in [9.17, 15) is 4.39 Å². The first-order chi connectivity index (χ1) is 11.8. The van der Waals surface area contributed by atoms with Crippen molar-refractivity contribution in [2.45, 2.75) is 10.9 Å². The van der Waals surface area contributed by atoms with E-state index in [1.807, 2.05) is 23.6 Å². The zero-order chi connectivity index (χ0) is 16.4. The molecule has 1 aromatic carbocycles. The standard InChI is InChI=1S/C15H10FN5OS2/c16-10-3-1-4-12(7-10)21-15(17-19-20-21)24-9-11-8-13(22-18-11)14-5-2-6-23-14/h1-8H,9H2.